The SMILES string of the molecule is Cc1ccc(Cl)c(NC(=O)c2ccnc(NN)c2F)c1Cl. The quantitative estimate of drug-likeness (QED) is 0.596. The van der Waals surface area contributed by atoms with Gasteiger partial charge < -0.3 is 10.7 Å². The molecule has 1 heterocycles. The summed E-state index contributed by atoms with van der Waals surface area (Å²) < 4.78 is 14.0. The van der Waals surface area contributed by atoms with E-state index in [2.05, 4.69) is 15.7 Å². The zero-order chi connectivity index (χ0) is 15.6. The maximum absolute atomic E-state index is 14.0. The number of hydrogen-bond donors (Lipinski definition) is 3. The van der Waals surface area contributed by atoms with E-state index in [9.17, 15) is 9.18 Å². The molecule has 0 spiro atoms. The molecule has 0 saturated carbocycles. The number of hydrogen-bond acceptors (Lipinski definition) is 4. The van der Waals surface area contributed by atoms with Crippen LogP contribution >= 0.6 is 23.2 Å². The van der Waals surface area contributed by atoms with Gasteiger partial charge in [0.2, 0.25) is 0 Å². The molecule has 5 nitrogen and oxygen atoms in total. The first-order chi connectivity index (χ1) is 9.95. The molecule has 21 heavy (non-hydrogen) atoms. The summed E-state index contributed by atoms with van der Waals surface area (Å²) >= 11 is 12.1. The van der Waals surface area contributed by atoms with Crippen LogP contribution in [0.4, 0.5) is 15.9 Å². The average molecular weight is 329 g/mol. The lowest BCUT2D eigenvalue weighted by molar-refractivity contribution is 0.102. The molecule has 1 aromatic carbocycles. The average Bonchev–Trinajstić information content (AvgIpc) is 2.47. The first kappa shape index (κ1) is 15.5. The highest BCUT2D eigenvalue weighted by Gasteiger charge is 2.18. The van der Waals surface area contributed by atoms with E-state index in [1.807, 2.05) is 0 Å². The smallest absolute Gasteiger partial charge is 0.258 e. The second-order valence-corrected chi connectivity index (χ2v) is 4.96. The Morgan fingerprint density at radius 3 is 2.71 bits per heavy atom. The molecule has 2 aromatic rings. The van der Waals surface area contributed by atoms with Gasteiger partial charge in [0.05, 0.1) is 21.3 Å². The Hall–Kier alpha value is -1.89. The van der Waals surface area contributed by atoms with E-state index in [0.29, 0.717) is 5.02 Å². The van der Waals surface area contributed by atoms with Crippen molar-refractivity contribution < 1.29 is 9.18 Å². The number of nitrogen functional groups attached to an aromatic ring is 1. The molecule has 1 aromatic heterocycles. The summed E-state index contributed by atoms with van der Waals surface area (Å²) in [6, 6.07) is 4.53. The number of aryl methyl sites for hydroxylation is 1. The largest absolute Gasteiger partial charge is 0.319 e. The van der Waals surface area contributed by atoms with Crippen molar-refractivity contribution in [2.45, 2.75) is 6.92 Å². The van der Waals surface area contributed by atoms with Crippen LogP contribution in [0, 0.1) is 12.7 Å². The molecule has 0 fully saturated rings. The maximum atomic E-state index is 14.0. The Morgan fingerprint density at radius 1 is 1.33 bits per heavy atom. The number of rotatable bonds is 3. The normalized spacial score (nSPS) is 10.3. The number of nitrogens with one attached hydrogen (secondary N) is 2. The van der Waals surface area contributed by atoms with Crippen LogP contribution in [0.25, 0.3) is 0 Å². The van der Waals surface area contributed by atoms with Gasteiger partial charge in [0.1, 0.15) is 0 Å². The van der Waals surface area contributed by atoms with Gasteiger partial charge >= 0.3 is 0 Å². The van der Waals surface area contributed by atoms with Gasteiger partial charge in [-0.3, -0.25) is 4.79 Å². The van der Waals surface area contributed by atoms with Crippen molar-refractivity contribution in [1.29, 1.82) is 0 Å². The molecular weight excluding hydrogens is 318 g/mol. The highest BCUT2D eigenvalue weighted by Crippen LogP contribution is 2.33. The van der Waals surface area contributed by atoms with Gasteiger partial charge in [0.15, 0.2) is 11.6 Å². The lowest BCUT2D eigenvalue weighted by Crippen LogP contribution is -2.18. The van der Waals surface area contributed by atoms with Crippen molar-refractivity contribution in [3.63, 3.8) is 0 Å². The van der Waals surface area contributed by atoms with Crippen LogP contribution in [-0.4, -0.2) is 10.9 Å². The van der Waals surface area contributed by atoms with Crippen molar-refractivity contribution in [1.82, 2.24) is 4.98 Å². The second kappa shape index (κ2) is 6.26. The van der Waals surface area contributed by atoms with Crippen molar-refractivity contribution in [2.24, 2.45) is 5.84 Å². The van der Waals surface area contributed by atoms with Crippen molar-refractivity contribution in [3.05, 3.63) is 51.4 Å². The van der Waals surface area contributed by atoms with Crippen LogP contribution in [0.15, 0.2) is 24.4 Å². The molecule has 0 aliphatic rings. The molecule has 4 N–H and O–H groups in total. The summed E-state index contributed by atoms with van der Waals surface area (Å²) in [4.78, 5) is 15.8. The van der Waals surface area contributed by atoms with Crippen molar-refractivity contribution >= 4 is 40.6 Å². The molecule has 0 saturated heterocycles. The summed E-state index contributed by atoms with van der Waals surface area (Å²) in [5.41, 5.74) is 2.79. The molecule has 0 radical (unpaired) electrons. The predicted octanol–water partition coefficient (Wildman–Crippen LogP) is 3.37. The van der Waals surface area contributed by atoms with Gasteiger partial charge in [0.25, 0.3) is 5.91 Å². The fourth-order valence-corrected chi connectivity index (χ4v) is 2.14. The molecule has 0 unspecified atom stereocenters. The zero-order valence-corrected chi connectivity index (χ0v) is 12.4. The number of hydrazine groups is 1. The third-order valence-corrected chi connectivity index (χ3v) is 3.60. The number of nitrogens with two attached hydrogens (primary N) is 1. The van der Waals surface area contributed by atoms with E-state index in [-0.39, 0.29) is 22.1 Å². The van der Waals surface area contributed by atoms with Crippen LogP contribution in [0.1, 0.15) is 15.9 Å². The van der Waals surface area contributed by atoms with E-state index in [1.165, 1.54) is 12.3 Å². The number of pyridine rings is 1. The Morgan fingerprint density at radius 2 is 2.05 bits per heavy atom. The minimum Gasteiger partial charge on any atom is -0.319 e. The lowest BCUT2D eigenvalue weighted by Gasteiger charge is -2.12. The molecule has 2 rings (SSSR count). The van der Waals surface area contributed by atoms with Gasteiger partial charge in [-0.2, -0.15) is 0 Å². The Balaban J connectivity index is 2.38. The predicted molar refractivity (Wildman–Crippen MR) is 81.2 cm³/mol. The van der Waals surface area contributed by atoms with E-state index in [1.54, 1.807) is 19.1 Å². The maximum Gasteiger partial charge on any atom is 0.258 e. The summed E-state index contributed by atoms with van der Waals surface area (Å²) in [6.07, 6.45) is 1.26. The van der Waals surface area contributed by atoms with Gasteiger partial charge in [-0.05, 0) is 24.6 Å². The number of halogens is 3. The third-order valence-electron chi connectivity index (χ3n) is 2.79. The zero-order valence-electron chi connectivity index (χ0n) is 10.9. The van der Waals surface area contributed by atoms with Crippen LogP contribution in [0.2, 0.25) is 10.0 Å². The second-order valence-electron chi connectivity index (χ2n) is 4.17. The van der Waals surface area contributed by atoms with Crippen molar-refractivity contribution in [3.8, 4) is 0 Å². The Labute approximate surface area is 130 Å². The number of amides is 1. The monoisotopic (exact) mass is 328 g/mol. The third kappa shape index (κ3) is 3.07. The van der Waals surface area contributed by atoms with E-state index < -0.39 is 11.7 Å². The first-order valence-electron chi connectivity index (χ1n) is 5.82. The van der Waals surface area contributed by atoms with Crippen LogP contribution in [-0.2, 0) is 0 Å². The highest BCUT2D eigenvalue weighted by molar-refractivity contribution is 6.40. The standard InChI is InChI=1S/C13H11Cl2FN4O/c1-6-2-3-8(14)11(9(6)15)19-13(21)7-4-5-18-12(20-17)10(7)16/h2-5H,17H2,1H3,(H,18,20)(H,19,21). The minimum absolute atomic E-state index is 0.224. The van der Waals surface area contributed by atoms with Crippen LogP contribution in [0.5, 0.6) is 0 Å². The number of nitrogens with zero attached hydrogens (tertiary/aromatic N) is 1. The molecule has 8 heteroatoms. The van der Waals surface area contributed by atoms with E-state index in [0.717, 1.165) is 5.56 Å². The fraction of sp³-hybridized carbons (Fsp3) is 0.0769. The van der Waals surface area contributed by atoms with Crippen LogP contribution in [0.3, 0.4) is 0 Å². The number of anilines is 2. The van der Waals surface area contributed by atoms with Gasteiger partial charge in [-0.15, -0.1) is 0 Å². The van der Waals surface area contributed by atoms with Gasteiger partial charge in [-0.1, -0.05) is 29.3 Å². The number of carbonyl (C=O) groups excluding carboxylic acids is 1. The minimum atomic E-state index is -0.864. The molecule has 110 valence electrons. The lowest BCUT2D eigenvalue weighted by atomic mass is 10.2. The highest BCUT2D eigenvalue weighted by atomic mass is 35.5. The summed E-state index contributed by atoms with van der Waals surface area (Å²) in [7, 11) is 0. The summed E-state index contributed by atoms with van der Waals surface area (Å²) in [5.74, 6) is 3.31. The first-order valence-corrected chi connectivity index (χ1v) is 6.58. The molecular formula is C13H11Cl2FN4O. The Bertz CT molecular complexity index is 709. The molecule has 0 aliphatic heterocycles. The van der Waals surface area contributed by atoms with E-state index >= 15 is 0 Å². The molecule has 0 aliphatic carbocycles. The van der Waals surface area contributed by atoms with Crippen molar-refractivity contribution in [2.75, 3.05) is 10.7 Å². The van der Waals surface area contributed by atoms with Gasteiger partial charge in [-0.25, -0.2) is 15.2 Å². The van der Waals surface area contributed by atoms with E-state index in [4.69, 9.17) is 29.0 Å². The fourth-order valence-electron chi connectivity index (χ4n) is 1.67. The summed E-state index contributed by atoms with van der Waals surface area (Å²) in [5, 5.41) is 3.04. The molecule has 0 atom stereocenters. The summed E-state index contributed by atoms with van der Waals surface area (Å²) in [6.45, 7) is 1.76. The van der Waals surface area contributed by atoms with Crippen LogP contribution < -0.4 is 16.6 Å². The van der Waals surface area contributed by atoms with Gasteiger partial charge in [0, 0.05) is 6.20 Å². The number of carbonyl (C=O) groups is 1. The topological polar surface area (TPSA) is 80.0 Å². The number of aromatic nitrogens is 1. The molecule has 1 amide bonds. The molecule has 0 bridgehead atoms. The Kier molecular flexibility index (Phi) is 4.62. The number of benzene rings is 1.